The van der Waals surface area contributed by atoms with Gasteiger partial charge < -0.3 is 4.90 Å². The first-order valence-electron chi connectivity index (χ1n) is 6.92. The van der Waals surface area contributed by atoms with Crippen molar-refractivity contribution >= 4 is 5.91 Å². The maximum absolute atomic E-state index is 12.0. The molecule has 2 heteroatoms. The van der Waals surface area contributed by atoms with Crippen molar-refractivity contribution in [3.05, 3.63) is 35.4 Å². The Kier molecular flexibility index (Phi) is 5.90. The quantitative estimate of drug-likeness (QED) is 0.755. The van der Waals surface area contributed by atoms with Crippen LogP contribution in [-0.4, -0.2) is 23.9 Å². The molecule has 0 saturated carbocycles. The highest BCUT2D eigenvalue weighted by atomic mass is 16.2. The summed E-state index contributed by atoms with van der Waals surface area (Å²) >= 11 is 0. The van der Waals surface area contributed by atoms with E-state index in [0.29, 0.717) is 12.3 Å². The third-order valence-electron chi connectivity index (χ3n) is 3.14. The summed E-state index contributed by atoms with van der Waals surface area (Å²) in [6.07, 6.45) is 1.62. The molecular formula is C16H25NO. The molecule has 0 heterocycles. The highest BCUT2D eigenvalue weighted by molar-refractivity contribution is 5.78. The van der Waals surface area contributed by atoms with Gasteiger partial charge in [-0.2, -0.15) is 0 Å². The van der Waals surface area contributed by atoms with Crippen molar-refractivity contribution in [1.82, 2.24) is 4.90 Å². The standard InChI is InChI=1S/C16H25NO/c1-5-17(6-2)16(18)12-15-9-7-14(8-10-15)11-13(3)4/h7-10,13H,5-6,11-12H2,1-4H3. The first-order chi connectivity index (χ1) is 8.56. The Morgan fingerprint density at radius 2 is 1.56 bits per heavy atom. The van der Waals surface area contributed by atoms with Crippen LogP contribution >= 0.6 is 0 Å². The molecule has 0 unspecified atom stereocenters. The third kappa shape index (κ3) is 4.52. The number of nitrogens with zero attached hydrogens (tertiary/aromatic N) is 1. The Hall–Kier alpha value is -1.31. The van der Waals surface area contributed by atoms with Gasteiger partial charge in [-0.3, -0.25) is 4.79 Å². The number of rotatable bonds is 6. The number of hydrogen-bond acceptors (Lipinski definition) is 1. The zero-order chi connectivity index (χ0) is 13.5. The molecular weight excluding hydrogens is 222 g/mol. The van der Waals surface area contributed by atoms with E-state index in [-0.39, 0.29) is 5.91 Å². The molecule has 100 valence electrons. The van der Waals surface area contributed by atoms with Crippen LogP contribution in [0.5, 0.6) is 0 Å². The van der Waals surface area contributed by atoms with Gasteiger partial charge in [0.1, 0.15) is 0 Å². The van der Waals surface area contributed by atoms with Crippen LogP contribution in [0.1, 0.15) is 38.8 Å². The van der Waals surface area contributed by atoms with Gasteiger partial charge in [0, 0.05) is 13.1 Å². The average Bonchev–Trinajstić information content (AvgIpc) is 2.32. The van der Waals surface area contributed by atoms with E-state index in [4.69, 9.17) is 0 Å². The van der Waals surface area contributed by atoms with Crippen molar-refractivity contribution in [3.8, 4) is 0 Å². The Morgan fingerprint density at radius 1 is 1.06 bits per heavy atom. The van der Waals surface area contributed by atoms with Crippen LogP contribution in [0.2, 0.25) is 0 Å². The summed E-state index contributed by atoms with van der Waals surface area (Å²) in [6, 6.07) is 8.45. The predicted molar refractivity (Wildman–Crippen MR) is 76.6 cm³/mol. The van der Waals surface area contributed by atoms with Crippen molar-refractivity contribution in [1.29, 1.82) is 0 Å². The van der Waals surface area contributed by atoms with E-state index in [0.717, 1.165) is 25.1 Å². The summed E-state index contributed by atoms with van der Waals surface area (Å²) in [7, 11) is 0. The zero-order valence-electron chi connectivity index (χ0n) is 12.1. The molecule has 0 N–H and O–H groups in total. The third-order valence-corrected chi connectivity index (χ3v) is 3.14. The molecule has 0 saturated heterocycles. The lowest BCUT2D eigenvalue weighted by molar-refractivity contribution is -0.130. The summed E-state index contributed by atoms with van der Waals surface area (Å²) < 4.78 is 0. The Bertz CT molecular complexity index is 363. The summed E-state index contributed by atoms with van der Waals surface area (Å²) in [5.74, 6) is 0.893. The largest absolute Gasteiger partial charge is 0.343 e. The fraction of sp³-hybridized carbons (Fsp3) is 0.562. The molecule has 0 aliphatic carbocycles. The van der Waals surface area contributed by atoms with E-state index in [1.807, 2.05) is 18.7 Å². The van der Waals surface area contributed by atoms with Crippen molar-refractivity contribution in [2.24, 2.45) is 5.92 Å². The van der Waals surface area contributed by atoms with Crippen LogP contribution in [0.15, 0.2) is 24.3 Å². The molecule has 1 aromatic rings. The van der Waals surface area contributed by atoms with Gasteiger partial charge in [0.2, 0.25) is 5.91 Å². The number of hydrogen-bond donors (Lipinski definition) is 0. The van der Waals surface area contributed by atoms with E-state index in [1.54, 1.807) is 0 Å². The van der Waals surface area contributed by atoms with Crippen molar-refractivity contribution in [2.45, 2.75) is 40.5 Å². The second-order valence-corrected chi connectivity index (χ2v) is 5.16. The van der Waals surface area contributed by atoms with E-state index in [2.05, 4.69) is 38.1 Å². The van der Waals surface area contributed by atoms with Crippen molar-refractivity contribution < 1.29 is 4.79 Å². The average molecular weight is 247 g/mol. The normalized spacial score (nSPS) is 10.7. The van der Waals surface area contributed by atoms with Crippen LogP contribution in [0.3, 0.4) is 0 Å². The molecule has 0 spiro atoms. The van der Waals surface area contributed by atoms with Crippen molar-refractivity contribution in [2.75, 3.05) is 13.1 Å². The molecule has 2 nitrogen and oxygen atoms in total. The molecule has 1 amide bonds. The molecule has 0 aliphatic rings. The molecule has 0 aliphatic heterocycles. The zero-order valence-corrected chi connectivity index (χ0v) is 12.1. The summed E-state index contributed by atoms with van der Waals surface area (Å²) in [5, 5.41) is 0. The van der Waals surface area contributed by atoms with Gasteiger partial charge in [0.25, 0.3) is 0 Å². The predicted octanol–water partition coefficient (Wildman–Crippen LogP) is 3.30. The number of carbonyl (C=O) groups is 1. The molecule has 0 aromatic heterocycles. The molecule has 0 fully saturated rings. The Labute approximate surface area is 111 Å². The lowest BCUT2D eigenvalue weighted by atomic mass is 10.0. The summed E-state index contributed by atoms with van der Waals surface area (Å²) in [4.78, 5) is 13.8. The van der Waals surface area contributed by atoms with E-state index in [1.165, 1.54) is 5.56 Å². The minimum atomic E-state index is 0.219. The van der Waals surface area contributed by atoms with Crippen LogP contribution in [0.4, 0.5) is 0 Å². The number of amides is 1. The summed E-state index contributed by atoms with van der Waals surface area (Å²) in [6.45, 7) is 10.1. The molecule has 0 atom stereocenters. The van der Waals surface area contributed by atoms with Gasteiger partial charge in [-0.15, -0.1) is 0 Å². The minimum absolute atomic E-state index is 0.219. The van der Waals surface area contributed by atoms with Gasteiger partial charge in [0.05, 0.1) is 6.42 Å². The van der Waals surface area contributed by atoms with Crippen molar-refractivity contribution in [3.63, 3.8) is 0 Å². The van der Waals surface area contributed by atoms with Gasteiger partial charge >= 0.3 is 0 Å². The Morgan fingerprint density at radius 3 is 2.00 bits per heavy atom. The molecule has 18 heavy (non-hydrogen) atoms. The topological polar surface area (TPSA) is 20.3 Å². The van der Waals surface area contributed by atoms with E-state index < -0.39 is 0 Å². The minimum Gasteiger partial charge on any atom is -0.343 e. The first-order valence-corrected chi connectivity index (χ1v) is 6.92. The maximum atomic E-state index is 12.0. The van der Waals surface area contributed by atoms with Gasteiger partial charge in [-0.05, 0) is 37.3 Å². The summed E-state index contributed by atoms with van der Waals surface area (Å²) in [5.41, 5.74) is 2.46. The fourth-order valence-corrected chi connectivity index (χ4v) is 2.13. The molecule has 0 bridgehead atoms. The number of carbonyl (C=O) groups excluding carboxylic acids is 1. The number of likely N-dealkylation sites (N-methyl/N-ethyl adjacent to an activating group) is 1. The second-order valence-electron chi connectivity index (χ2n) is 5.16. The maximum Gasteiger partial charge on any atom is 0.226 e. The van der Waals surface area contributed by atoms with E-state index >= 15 is 0 Å². The second kappa shape index (κ2) is 7.20. The fourth-order valence-electron chi connectivity index (χ4n) is 2.13. The van der Waals surface area contributed by atoms with Gasteiger partial charge in [-0.25, -0.2) is 0 Å². The Balaban J connectivity index is 2.60. The monoisotopic (exact) mass is 247 g/mol. The highest BCUT2D eigenvalue weighted by Gasteiger charge is 2.10. The lowest BCUT2D eigenvalue weighted by Gasteiger charge is -2.18. The highest BCUT2D eigenvalue weighted by Crippen LogP contribution is 2.11. The lowest BCUT2D eigenvalue weighted by Crippen LogP contribution is -2.31. The van der Waals surface area contributed by atoms with Crippen LogP contribution in [-0.2, 0) is 17.6 Å². The smallest absolute Gasteiger partial charge is 0.226 e. The van der Waals surface area contributed by atoms with Crippen LogP contribution in [0.25, 0.3) is 0 Å². The van der Waals surface area contributed by atoms with Gasteiger partial charge in [0.15, 0.2) is 0 Å². The first kappa shape index (κ1) is 14.7. The SMILES string of the molecule is CCN(CC)C(=O)Cc1ccc(CC(C)C)cc1. The number of benzene rings is 1. The van der Waals surface area contributed by atoms with E-state index in [9.17, 15) is 4.79 Å². The molecule has 1 aromatic carbocycles. The molecule has 0 radical (unpaired) electrons. The van der Waals surface area contributed by atoms with Crippen LogP contribution in [0, 0.1) is 5.92 Å². The van der Waals surface area contributed by atoms with Gasteiger partial charge in [-0.1, -0.05) is 38.1 Å². The van der Waals surface area contributed by atoms with Crippen LogP contribution < -0.4 is 0 Å². The molecule has 1 rings (SSSR count).